The highest BCUT2D eigenvalue weighted by Crippen LogP contribution is 2.32. The average Bonchev–Trinajstić information content (AvgIpc) is 3.10. The minimum atomic E-state index is -0.630. The van der Waals surface area contributed by atoms with Gasteiger partial charge >= 0.3 is 5.97 Å². The van der Waals surface area contributed by atoms with Crippen molar-refractivity contribution >= 4 is 35.0 Å². The first-order valence-electron chi connectivity index (χ1n) is 7.56. The summed E-state index contributed by atoms with van der Waals surface area (Å²) in [4.78, 5) is 36.8. The van der Waals surface area contributed by atoms with E-state index in [0.717, 1.165) is 33.6 Å². The van der Waals surface area contributed by atoms with Crippen LogP contribution in [0.15, 0.2) is 47.5 Å². The predicted molar refractivity (Wildman–Crippen MR) is 95.2 cm³/mol. The zero-order valence-corrected chi connectivity index (χ0v) is 14.6. The molecule has 2 heterocycles. The SMILES string of the molecule is COC(=O)CN1C(=O)S/C(=C\c2cc(C)n(-c3ccccc3)c2)C1=O. The van der Waals surface area contributed by atoms with Crippen LogP contribution in [0.5, 0.6) is 0 Å². The van der Waals surface area contributed by atoms with Crippen molar-refractivity contribution < 1.29 is 19.1 Å². The number of aromatic nitrogens is 1. The van der Waals surface area contributed by atoms with E-state index in [1.807, 2.05) is 54.1 Å². The number of carbonyl (C=O) groups is 3. The second kappa shape index (κ2) is 6.98. The van der Waals surface area contributed by atoms with Gasteiger partial charge in [0.1, 0.15) is 6.54 Å². The highest BCUT2D eigenvalue weighted by Gasteiger charge is 2.36. The van der Waals surface area contributed by atoms with E-state index in [1.54, 1.807) is 6.08 Å². The fourth-order valence-electron chi connectivity index (χ4n) is 2.53. The molecule has 1 saturated heterocycles. The first-order valence-corrected chi connectivity index (χ1v) is 8.38. The van der Waals surface area contributed by atoms with Crippen LogP contribution in [0, 0.1) is 6.92 Å². The molecule has 0 spiro atoms. The Bertz CT molecular complexity index is 870. The predicted octanol–water partition coefficient (Wildman–Crippen LogP) is 3.00. The number of carbonyl (C=O) groups excluding carboxylic acids is 3. The summed E-state index contributed by atoms with van der Waals surface area (Å²) in [5.41, 5.74) is 2.83. The van der Waals surface area contributed by atoms with Crippen LogP contribution >= 0.6 is 11.8 Å². The zero-order chi connectivity index (χ0) is 18.0. The molecule has 3 rings (SSSR count). The van der Waals surface area contributed by atoms with Gasteiger partial charge in [0.2, 0.25) is 0 Å². The third-order valence-corrected chi connectivity index (χ3v) is 4.66. The third-order valence-electron chi connectivity index (χ3n) is 3.75. The summed E-state index contributed by atoms with van der Waals surface area (Å²) in [6, 6.07) is 11.8. The van der Waals surface area contributed by atoms with Gasteiger partial charge in [-0.15, -0.1) is 0 Å². The molecule has 2 amide bonds. The Balaban J connectivity index is 1.86. The summed E-state index contributed by atoms with van der Waals surface area (Å²) in [5.74, 6) is -1.11. The number of thioether (sulfide) groups is 1. The fourth-order valence-corrected chi connectivity index (χ4v) is 3.36. The summed E-state index contributed by atoms with van der Waals surface area (Å²) in [5, 5.41) is -0.471. The van der Waals surface area contributed by atoms with Gasteiger partial charge in [0.15, 0.2) is 0 Å². The van der Waals surface area contributed by atoms with Gasteiger partial charge in [-0.2, -0.15) is 0 Å². The standard InChI is InChI=1S/C18H16N2O4S/c1-12-8-13(10-19(12)14-6-4-3-5-7-14)9-15-17(22)20(18(23)25-15)11-16(21)24-2/h3-10H,11H2,1-2H3/b15-9-. The number of amides is 2. The molecule has 1 aliphatic heterocycles. The van der Waals surface area contributed by atoms with E-state index in [2.05, 4.69) is 4.74 Å². The molecule has 0 radical (unpaired) electrons. The highest BCUT2D eigenvalue weighted by molar-refractivity contribution is 8.18. The van der Waals surface area contributed by atoms with E-state index in [9.17, 15) is 14.4 Å². The molecule has 0 bridgehead atoms. The Hall–Kier alpha value is -2.80. The Labute approximate surface area is 149 Å². The van der Waals surface area contributed by atoms with Crippen molar-refractivity contribution in [1.29, 1.82) is 0 Å². The number of hydrogen-bond donors (Lipinski definition) is 0. The van der Waals surface area contributed by atoms with Crippen LogP contribution < -0.4 is 0 Å². The van der Waals surface area contributed by atoms with Gasteiger partial charge in [-0.05, 0) is 48.5 Å². The third kappa shape index (κ3) is 3.51. The monoisotopic (exact) mass is 356 g/mol. The molecule has 0 saturated carbocycles. The van der Waals surface area contributed by atoms with Gasteiger partial charge in [-0.25, -0.2) is 0 Å². The molecule has 7 heteroatoms. The molecule has 0 aliphatic carbocycles. The molecule has 128 valence electrons. The number of rotatable bonds is 4. The summed E-state index contributed by atoms with van der Waals surface area (Å²) >= 11 is 0.822. The smallest absolute Gasteiger partial charge is 0.325 e. The maximum atomic E-state index is 12.3. The van der Waals surface area contributed by atoms with Gasteiger partial charge in [0.25, 0.3) is 11.1 Å². The molecule has 25 heavy (non-hydrogen) atoms. The maximum absolute atomic E-state index is 12.3. The number of benzene rings is 1. The largest absolute Gasteiger partial charge is 0.468 e. The first kappa shape index (κ1) is 17.0. The van der Waals surface area contributed by atoms with E-state index in [-0.39, 0.29) is 6.54 Å². The van der Waals surface area contributed by atoms with Crippen LogP contribution in [-0.2, 0) is 14.3 Å². The summed E-state index contributed by atoms with van der Waals surface area (Å²) in [6.07, 6.45) is 3.56. The van der Waals surface area contributed by atoms with Crippen molar-refractivity contribution in [2.75, 3.05) is 13.7 Å². The van der Waals surface area contributed by atoms with Gasteiger partial charge in [0, 0.05) is 17.6 Å². The van der Waals surface area contributed by atoms with E-state index in [4.69, 9.17) is 0 Å². The van der Waals surface area contributed by atoms with Crippen molar-refractivity contribution in [2.24, 2.45) is 0 Å². The van der Waals surface area contributed by atoms with Crippen LogP contribution in [0.4, 0.5) is 4.79 Å². The number of esters is 1. The molecule has 1 aromatic carbocycles. The molecule has 6 nitrogen and oxygen atoms in total. The number of methoxy groups -OCH3 is 1. The van der Waals surface area contributed by atoms with Crippen molar-refractivity contribution in [3.05, 3.63) is 58.8 Å². The van der Waals surface area contributed by atoms with Gasteiger partial charge < -0.3 is 9.30 Å². The topological polar surface area (TPSA) is 68.6 Å². The molecule has 0 N–H and O–H groups in total. The van der Waals surface area contributed by atoms with E-state index < -0.39 is 17.1 Å². The average molecular weight is 356 g/mol. The van der Waals surface area contributed by atoms with Gasteiger partial charge in [-0.3, -0.25) is 19.3 Å². The number of ether oxygens (including phenoxy) is 1. The Morgan fingerprint density at radius 3 is 2.64 bits per heavy atom. The Kier molecular flexibility index (Phi) is 4.76. The number of imide groups is 1. The quantitative estimate of drug-likeness (QED) is 0.622. The highest BCUT2D eigenvalue weighted by atomic mass is 32.2. The van der Waals surface area contributed by atoms with Crippen molar-refractivity contribution in [3.63, 3.8) is 0 Å². The van der Waals surface area contributed by atoms with E-state index in [0.29, 0.717) is 4.91 Å². The number of hydrogen-bond acceptors (Lipinski definition) is 5. The van der Waals surface area contributed by atoms with Crippen LogP contribution in [0.3, 0.4) is 0 Å². The number of nitrogens with zero attached hydrogens (tertiary/aromatic N) is 2. The summed E-state index contributed by atoms with van der Waals surface area (Å²) in [6.45, 7) is 1.59. The lowest BCUT2D eigenvalue weighted by atomic mass is 10.3. The second-order valence-corrected chi connectivity index (χ2v) is 6.46. The lowest BCUT2D eigenvalue weighted by Gasteiger charge is -2.09. The molecule has 1 fully saturated rings. The van der Waals surface area contributed by atoms with Crippen molar-refractivity contribution in [1.82, 2.24) is 9.47 Å². The van der Waals surface area contributed by atoms with Gasteiger partial charge in [-0.1, -0.05) is 18.2 Å². The molecular weight excluding hydrogens is 340 g/mol. The van der Waals surface area contributed by atoms with E-state index in [1.165, 1.54) is 7.11 Å². The molecule has 0 unspecified atom stereocenters. The minimum Gasteiger partial charge on any atom is -0.468 e. The summed E-state index contributed by atoms with van der Waals surface area (Å²) in [7, 11) is 1.21. The second-order valence-electron chi connectivity index (χ2n) is 5.46. The molecule has 0 atom stereocenters. The fraction of sp³-hybridized carbons (Fsp3) is 0.167. The molecule has 1 aromatic heterocycles. The normalized spacial score (nSPS) is 15.9. The lowest BCUT2D eigenvalue weighted by Crippen LogP contribution is -2.34. The molecule has 1 aliphatic rings. The van der Waals surface area contributed by atoms with Crippen LogP contribution in [0.2, 0.25) is 0 Å². The maximum Gasteiger partial charge on any atom is 0.325 e. The van der Waals surface area contributed by atoms with Crippen molar-refractivity contribution in [3.8, 4) is 5.69 Å². The summed E-state index contributed by atoms with van der Waals surface area (Å²) < 4.78 is 6.52. The number of para-hydroxylation sites is 1. The van der Waals surface area contributed by atoms with E-state index >= 15 is 0 Å². The number of aryl methyl sites for hydroxylation is 1. The van der Waals surface area contributed by atoms with Crippen LogP contribution in [-0.4, -0.2) is 40.2 Å². The van der Waals surface area contributed by atoms with Gasteiger partial charge in [0.05, 0.1) is 12.0 Å². The lowest BCUT2D eigenvalue weighted by molar-refractivity contribution is -0.143. The first-order chi connectivity index (χ1) is 12.0. The Morgan fingerprint density at radius 2 is 1.96 bits per heavy atom. The zero-order valence-electron chi connectivity index (χ0n) is 13.8. The Morgan fingerprint density at radius 1 is 1.24 bits per heavy atom. The minimum absolute atomic E-state index is 0.291. The van der Waals surface area contributed by atoms with Crippen LogP contribution in [0.1, 0.15) is 11.3 Å². The molecule has 2 aromatic rings. The van der Waals surface area contributed by atoms with Crippen molar-refractivity contribution in [2.45, 2.75) is 6.92 Å². The molecular formula is C18H16N2O4S. The van der Waals surface area contributed by atoms with Crippen LogP contribution in [0.25, 0.3) is 11.8 Å².